The zero-order chi connectivity index (χ0) is 24.5. The maximum atomic E-state index is 14.3. The van der Waals surface area contributed by atoms with Crippen LogP contribution in [-0.2, 0) is 11.3 Å². The monoisotopic (exact) mass is 473 g/mol. The number of aldehydes is 1. The van der Waals surface area contributed by atoms with E-state index in [1.165, 1.54) is 6.92 Å². The average Bonchev–Trinajstić information content (AvgIpc) is 2.81. The minimum Gasteiger partial charge on any atom is -0.388 e. The Morgan fingerprint density at radius 1 is 1.18 bits per heavy atom. The van der Waals surface area contributed by atoms with E-state index in [-0.39, 0.29) is 5.83 Å². The fraction of sp³-hybridized carbons (Fsp3) is 0.360. The van der Waals surface area contributed by atoms with Crippen LogP contribution < -0.4 is 10.6 Å². The summed E-state index contributed by atoms with van der Waals surface area (Å²) >= 11 is 6.65. The summed E-state index contributed by atoms with van der Waals surface area (Å²) in [6, 6.07) is 3.80. The van der Waals surface area contributed by atoms with Gasteiger partial charge in [0.25, 0.3) is 0 Å². The number of aliphatic imine (C=N–C) groups is 1. The van der Waals surface area contributed by atoms with Crippen molar-refractivity contribution in [2.24, 2.45) is 4.99 Å². The van der Waals surface area contributed by atoms with Crippen LogP contribution in [0.1, 0.15) is 19.4 Å². The summed E-state index contributed by atoms with van der Waals surface area (Å²) in [5.41, 5.74) is 4.64. The van der Waals surface area contributed by atoms with Gasteiger partial charge in [0.1, 0.15) is 5.83 Å². The van der Waals surface area contributed by atoms with Crippen LogP contribution >= 0.6 is 11.6 Å². The largest absolute Gasteiger partial charge is 0.388 e. The highest BCUT2D eigenvalue weighted by molar-refractivity contribution is 6.35. The number of hydrogen-bond donors (Lipinski definition) is 2. The molecule has 0 aliphatic carbocycles. The van der Waals surface area contributed by atoms with Gasteiger partial charge in [-0.15, -0.1) is 0 Å². The summed E-state index contributed by atoms with van der Waals surface area (Å²) in [5, 5.41) is 6.62. The van der Waals surface area contributed by atoms with Crippen molar-refractivity contribution < 1.29 is 9.18 Å². The van der Waals surface area contributed by atoms with Crippen molar-refractivity contribution >= 4 is 35.0 Å². The summed E-state index contributed by atoms with van der Waals surface area (Å²) in [6.07, 6.45) is 4.25. The molecule has 1 heterocycles. The van der Waals surface area contributed by atoms with Gasteiger partial charge in [-0.1, -0.05) is 36.9 Å². The van der Waals surface area contributed by atoms with Crippen LogP contribution in [0.25, 0.3) is 0 Å². The van der Waals surface area contributed by atoms with Crippen LogP contribution in [0.5, 0.6) is 0 Å². The molecule has 2 N–H and O–H groups in total. The van der Waals surface area contributed by atoms with Crippen LogP contribution in [0.15, 0.2) is 65.2 Å². The Labute approximate surface area is 201 Å². The first kappa shape index (κ1) is 26.4. The van der Waals surface area contributed by atoms with E-state index in [0.717, 1.165) is 18.7 Å². The summed E-state index contributed by atoms with van der Waals surface area (Å²) in [5.74, 6) is -0.231. The van der Waals surface area contributed by atoms with E-state index in [9.17, 15) is 9.18 Å². The molecule has 33 heavy (non-hydrogen) atoms. The number of allylic oxidation sites excluding steroid dienone is 3. The molecule has 6 nitrogen and oxygen atoms in total. The molecule has 1 aromatic carbocycles. The topological polar surface area (TPSA) is 60.0 Å². The van der Waals surface area contributed by atoms with Gasteiger partial charge >= 0.3 is 0 Å². The lowest BCUT2D eigenvalue weighted by molar-refractivity contribution is -0.102. The van der Waals surface area contributed by atoms with E-state index in [1.807, 2.05) is 17.0 Å². The zero-order valence-electron chi connectivity index (χ0n) is 19.8. The Balaban J connectivity index is 2.08. The molecular formula is C25H33ClFN5O. The molecule has 2 rings (SSSR count). The van der Waals surface area contributed by atoms with E-state index in [0.29, 0.717) is 65.0 Å². The van der Waals surface area contributed by atoms with Gasteiger partial charge in [0.2, 0.25) is 0 Å². The fourth-order valence-corrected chi connectivity index (χ4v) is 3.86. The molecule has 0 unspecified atom stereocenters. The predicted molar refractivity (Wildman–Crippen MR) is 137 cm³/mol. The van der Waals surface area contributed by atoms with Gasteiger partial charge in [-0.05, 0) is 37.1 Å². The molecule has 1 aromatic rings. The van der Waals surface area contributed by atoms with Gasteiger partial charge in [-0.25, -0.2) is 9.38 Å². The number of benzene rings is 1. The lowest BCUT2D eigenvalue weighted by Crippen LogP contribution is -2.45. The Hall–Kier alpha value is -2.90. The molecule has 0 radical (unpaired) electrons. The van der Waals surface area contributed by atoms with Gasteiger partial charge in [0.15, 0.2) is 6.29 Å². The van der Waals surface area contributed by atoms with Crippen LogP contribution in [0.4, 0.5) is 15.8 Å². The second-order valence-electron chi connectivity index (χ2n) is 7.82. The molecule has 8 heteroatoms. The summed E-state index contributed by atoms with van der Waals surface area (Å²) in [6.45, 7) is 14.5. The van der Waals surface area contributed by atoms with E-state index in [2.05, 4.69) is 33.7 Å². The maximum Gasteiger partial charge on any atom is 0.163 e. The molecule has 0 atom stereocenters. The van der Waals surface area contributed by atoms with Crippen LogP contribution in [0, 0.1) is 0 Å². The van der Waals surface area contributed by atoms with Crippen molar-refractivity contribution in [3.8, 4) is 0 Å². The first-order valence-corrected chi connectivity index (χ1v) is 11.2. The maximum absolute atomic E-state index is 14.3. The number of carbonyl (C=O) groups is 1. The highest BCUT2D eigenvalue weighted by Crippen LogP contribution is 2.36. The zero-order valence-corrected chi connectivity index (χ0v) is 20.6. The van der Waals surface area contributed by atoms with E-state index in [1.54, 1.807) is 33.2 Å². The molecule has 178 valence electrons. The molecule has 1 aliphatic rings. The summed E-state index contributed by atoms with van der Waals surface area (Å²) in [4.78, 5) is 19.6. The molecular weight excluding hydrogens is 441 g/mol. The number of nitrogens with one attached hydrogen (secondary N) is 2. The molecule has 1 aliphatic heterocycles. The Morgan fingerprint density at radius 3 is 2.39 bits per heavy atom. The third kappa shape index (κ3) is 7.04. The number of nitrogens with zero attached hydrogens (tertiary/aromatic N) is 3. The third-order valence-corrected chi connectivity index (χ3v) is 5.94. The van der Waals surface area contributed by atoms with Gasteiger partial charge in [0, 0.05) is 52.5 Å². The molecule has 0 aromatic heterocycles. The van der Waals surface area contributed by atoms with Crippen molar-refractivity contribution in [2.45, 2.75) is 20.4 Å². The van der Waals surface area contributed by atoms with E-state index >= 15 is 0 Å². The Morgan fingerprint density at radius 2 is 1.85 bits per heavy atom. The second-order valence-corrected chi connectivity index (χ2v) is 8.20. The number of rotatable bonds is 10. The summed E-state index contributed by atoms with van der Waals surface area (Å²) < 4.78 is 14.3. The van der Waals surface area contributed by atoms with Gasteiger partial charge < -0.3 is 15.5 Å². The minimum absolute atomic E-state index is 0.231. The van der Waals surface area contributed by atoms with Crippen molar-refractivity contribution in [2.75, 3.05) is 45.6 Å². The lowest BCUT2D eigenvalue weighted by atomic mass is 10.1. The molecule has 0 spiro atoms. The van der Waals surface area contributed by atoms with Crippen molar-refractivity contribution in [1.29, 1.82) is 0 Å². The number of anilines is 1. The SMILES string of the molecule is C=C(/C=C\C(=C(/C)F)N1CCN(Cc2ccc(N=C(C)C=O)c(NC)c2Cl)CC1)C(=C)NC. The van der Waals surface area contributed by atoms with Crippen molar-refractivity contribution in [1.82, 2.24) is 15.1 Å². The molecule has 1 saturated heterocycles. The summed E-state index contributed by atoms with van der Waals surface area (Å²) in [7, 11) is 3.55. The van der Waals surface area contributed by atoms with Crippen LogP contribution in [-0.4, -0.2) is 62.1 Å². The highest BCUT2D eigenvalue weighted by atomic mass is 35.5. The highest BCUT2D eigenvalue weighted by Gasteiger charge is 2.21. The number of likely N-dealkylation sites (N-methyl/N-ethyl adjacent to an activating group) is 1. The molecule has 0 bridgehead atoms. The lowest BCUT2D eigenvalue weighted by Gasteiger charge is -2.37. The third-order valence-electron chi connectivity index (χ3n) is 5.51. The molecule has 1 fully saturated rings. The minimum atomic E-state index is -0.231. The normalized spacial score (nSPS) is 15.9. The van der Waals surface area contributed by atoms with Gasteiger partial charge in [0.05, 0.1) is 27.8 Å². The van der Waals surface area contributed by atoms with Crippen molar-refractivity contribution in [3.05, 3.63) is 70.8 Å². The first-order valence-electron chi connectivity index (χ1n) is 10.8. The quantitative estimate of drug-likeness (QED) is 0.289. The number of hydrogen-bond acceptors (Lipinski definition) is 6. The van der Waals surface area contributed by atoms with Crippen LogP contribution in [0.3, 0.4) is 0 Å². The van der Waals surface area contributed by atoms with E-state index < -0.39 is 0 Å². The van der Waals surface area contributed by atoms with E-state index in [4.69, 9.17) is 11.6 Å². The molecule has 0 amide bonds. The Bertz CT molecular complexity index is 987. The first-order chi connectivity index (χ1) is 15.7. The van der Waals surface area contributed by atoms with Crippen LogP contribution in [0.2, 0.25) is 5.02 Å². The van der Waals surface area contributed by atoms with Crippen molar-refractivity contribution in [3.63, 3.8) is 0 Å². The number of carbonyl (C=O) groups excluding carboxylic acids is 1. The smallest absolute Gasteiger partial charge is 0.163 e. The number of halogens is 2. The second kappa shape index (κ2) is 12.4. The molecule has 0 saturated carbocycles. The Kier molecular flexibility index (Phi) is 9.88. The van der Waals surface area contributed by atoms with Gasteiger partial charge in [-0.3, -0.25) is 9.69 Å². The number of piperazine rings is 1. The average molecular weight is 474 g/mol. The predicted octanol–water partition coefficient (Wildman–Crippen LogP) is 4.84. The fourth-order valence-electron chi connectivity index (χ4n) is 3.55. The van der Waals surface area contributed by atoms with Gasteiger partial charge in [-0.2, -0.15) is 0 Å². The standard InChI is InChI=1S/C25H33ClFN5O/c1-17(20(4)28-5)7-10-23(19(3)27)32-13-11-31(12-14-32)15-21-8-9-22(30-18(2)16-33)25(29-6)24(21)26/h7-10,16,28-29H,1,4,11-15H2,2-3,5-6H3/b10-7-,23-19-,30-18?.